The molecule has 198 valence electrons. The van der Waals surface area contributed by atoms with Crippen molar-refractivity contribution in [3.8, 4) is 11.5 Å². The second-order valence-electron chi connectivity index (χ2n) is 8.84. The Balaban J connectivity index is 1.40. The number of hydrogen-bond donors (Lipinski definition) is 2. The smallest absolute Gasteiger partial charge is 0.324 e. The van der Waals surface area contributed by atoms with Crippen LogP contribution in [0.2, 0.25) is 0 Å². The number of halogens is 3. The van der Waals surface area contributed by atoms with E-state index >= 15 is 0 Å². The number of rotatable bonds is 6. The molecular formula is C27H23F3N8O. The van der Waals surface area contributed by atoms with Crippen LogP contribution in [0.15, 0.2) is 73.6 Å². The molecule has 3 heterocycles. The Labute approximate surface area is 221 Å². The quantitative estimate of drug-likeness (QED) is 0.287. The largest absolute Gasteiger partial charge is 0.418 e. The zero-order valence-corrected chi connectivity index (χ0v) is 21.2. The molecule has 9 nitrogen and oxygen atoms in total. The number of aryl methyl sites for hydroxylation is 3. The van der Waals surface area contributed by atoms with Crippen LogP contribution in [0.4, 0.5) is 30.5 Å². The van der Waals surface area contributed by atoms with Gasteiger partial charge in [-0.15, -0.1) is 0 Å². The van der Waals surface area contributed by atoms with Gasteiger partial charge in [0.15, 0.2) is 0 Å². The molecule has 0 saturated heterocycles. The average Bonchev–Trinajstić information content (AvgIpc) is 3.52. The fourth-order valence-electron chi connectivity index (χ4n) is 4.00. The van der Waals surface area contributed by atoms with Crippen LogP contribution in [-0.2, 0) is 6.18 Å². The fourth-order valence-corrected chi connectivity index (χ4v) is 4.00. The van der Waals surface area contributed by atoms with E-state index in [0.717, 1.165) is 17.5 Å². The van der Waals surface area contributed by atoms with Crippen molar-refractivity contribution in [1.29, 1.82) is 0 Å². The standard InChI is InChI=1S/C27H23F3N8O/c1-16-4-5-19(12-22(16)35-26-32-9-8-24(36-26)38-11-10-31-18(38)3)25(39)34-20-6-7-21(27(28,29)30)23(13-20)37-14-17(2)33-15-37/h4-15H,1-3H3,(H,34,39)(H,32,35,36). The lowest BCUT2D eigenvalue weighted by atomic mass is 10.1. The first kappa shape index (κ1) is 25.6. The number of anilines is 3. The van der Waals surface area contributed by atoms with Gasteiger partial charge in [-0.25, -0.2) is 15.0 Å². The maximum atomic E-state index is 13.6. The number of carbonyl (C=O) groups excluding carboxylic acids is 1. The van der Waals surface area contributed by atoms with E-state index in [1.54, 1.807) is 49.8 Å². The highest BCUT2D eigenvalue weighted by Crippen LogP contribution is 2.35. The minimum absolute atomic E-state index is 0.141. The third-order valence-corrected chi connectivity index (χ3v) is 6.01. The molecule has 0 aliphatic carbocycles. The number of hydrogen-bond acceptors (Lipinski definition) is 6. The van der Waals surface area contributed by atoms with E-state index in [0.29, 0.717) is 28.7 Å². The summed E-state index contributed by atoms with van der Waals surface area (Å²) in [5.74, 6) is 1.22. The number of nitrogens with zero attached hydrogens (tertiary/aromatic N) is 6. The van der Waals surface area contributed by atoms with Crippen molar-refractivity contribution in [3.63, 3.8) is 0 Å². The topological polar surface area (TPSA) is 103 Å². The van der Waals surface area contributed by atoms with Crippen LogP contribution in [0.1, 0.15) is 33.0 Å². The second-order valence-corrected chi connectivity index (χ2v) is 8.84. The van der Waals surface area contributed by atoms with Gasteiger partial charge in [-0.2, -0.15) is 18.2 Å². The first-order chi connectivity index (χ1) is 18.6. The van der Waals surface area contributed by atoms with Crippen LogP contribution in [0, 0.1) is 20.8 Å². The first-order valence-electron chi connectivity index (χ1n) is 11.8. The Morgan fingerprint density at radius 2 is 1.77 bits per heavy atom. The van der Waals surface area contributed by atoms with Gasteiger partial charge >= 0.3 is 6.18 Å². The maximum Gasteiger partial charge on any atom is 0.418 e. The summed E-state index contributed by atoms with van der Waals surface area (Å²) in [7, 11) is 0. The molecule has 39 heavy (non-hydrogen) atoms. The molecule has 12 heteroatoms. The highest BCUT2D eigenvalue weighted by molar-refractivity contribution is 6.05. The predicted molar refractivity (Wildman–Crippen MR) is 140 cm³/mol. The molecule has 5 aromatic rings. The Morgan fingerprint density at radius 1 is 0.949 bits per heavy atom. The van der Waals surface area contributed by atoms with Gasteiger partial charge in [0, 0.05) is 41.7 Å². The third kappa shape index (κ3) is 5.49. The van der Waals surface area contributed by atoms with Crippen LogP contribution >= 0.6 is 0 Å². The monoisotopic (exact) mass is 532 g/mol. The van der Waals surface area contributed by atoms with Crippen LogP contribution in [0.3, 0.4) is 0 Å². The molecule has 0 unspecified atom stereocenters. The minimum Gasteiger partial charge on any atom is -0.324 e. The molecule has 0 atom stereocenters. The van der Waals surface area contributed by atoms with Gasteiger partial charge in [-0.05, 0) is 62.7 Å². The summed E-state index contributed by atoms with van der Waals surface area (Å²) < 4.78 is 44.0. The van der Waals surface area contributed by atoms with Crippen LogP contribution in [-0.4, -0.2) is 35.0 Å². The summed E-state index contributed by atoms with van der Waals surface area (Å²) in [6.07, 6.45) is 3.28. The van der Waals surface area contributed by atoms with E-state index < -0.39 is 17.6 Å². The number of carbonyl (C=O) groups is 1. The van der Waals surface area contributed by atoms with E-state index in [1.807, 2.05) is 18.4 Å². The summed E-state index contributed by atoms with van der Waals surface area (Å²) >= 11 is 0. The van der Waals surface area contributed by atoms with Gasteiger partial charge in [0.05, 0.1) is 23.3 Å². The number of amides is 1. The van der Waals surface area contributed by atoms with Crippen LogP contribution in [0.25, 0.3) is 11.5 Å². The van der Waals surface area contributed by atoms with Gasteiger partial charge in [0.2, 0.25) is 5.95 Å². The summed E-state index contributed by atoms with van der Waals surface area (Å²) in [4.78, 5) is 30.1. The van der Waals surface area contributed by atoms with Gasteiger partial charge in [-0.1, -0.05) is 6.07 Å². The Bertz CT molecular complexity index is 1670. The number of benzene rings is 2. The SMILES string of the molecule is Cc1cn(-c2cc(NC(=O)c3ccc(C)c(Nc4nccc(-n5ccnc5C)n4)c3)ccc2C(F)(F)F)cn1. The zero-order chi connectivity index (χ0) is 27.7. The van der Waals surface area contributed by atoms with Gasteiger partial charge in [-0.3, -0.25) is 9.36 Å². The van der Waals surface area contributed by atoms with Gasteiger partial charge in [0.1, 0.15) is 11.6 Å². The van der Waals surface area contributed by atoms with E-state index in [9.17, 15) is 18.0 Å². The average molecular weight is 533 g/mol. The van der Waals surface area contributed by atoms with Crippen molar-refractivity contribution in [2.45, 2.75) is 26.9 Å². The molecule has 0 bridgehead atoms. The molecule has 0 saturated carbocycles. The van der Waals surface area contributed by atoms with Crippen molar-refractivity contribution < 1.29 is 18.0 Å². The van der Waals surface area contributed by atoms with Gasteiger partial charge < -0.3 is 15.2 Å². The maximum absolute atomic E-state index is 13.6. The Kier molecular flexibility index (Phi) is 6.60. The Hall–Kier alpha value is -5.00. The fraction of sp³-hybridized carbons (Fsp3) is 0.148. The van der Waals surface area contributed by atoms with E-state index in [4.69, 9.17) is 0 Å². The van der Waals surface area contributed by atoms with Crippen molar-refractivity contribution in [1.82, 2.24) is 29.1 Å². The second kappa shape index (κ2) is 10.0. The normalized spacial score (nSPS) is 11.4. The number of nitrogens with one attached hydrogen (secondary N) is 2. The van der Waals surface area contributed by atoms with Crippen molar-refractivity contribution >= 4 is 23.2 Å². The molecule has 0 spiro atoms. The van der Waals surface area contributed by atoms with E-state index in [1.165, 1.54) is 29.2 Å². The summed E-state index contributed by atoms with van der Waals surface area (Å²) in [5, 5.41) is 5.83. The molecule has 1 amide bonds. The van der Waals surface area contributed by atoms with Gasteiger partial charge in [0.25, 0.3) is 5.91 Å². The molecule has 5 rings (SSSR count). The Morgan fingerprint density at radius 3 is 2.46 bits per heavy atom. The van der Waals surface area contributed by atoms with Crippen LogP contribution in [0.5, 0.6) is 0 Å². The summed E-state index contributed by atoms with van der Waals surface area (Å²) in [5.41, 5.74) is 1.52. The van der Waals surface area contributed by atoms with Crippen molar-refractivity contribution in [2.24, 2.45) is 0 Å². The van der Waals surface area contributed by atoms with E-state index in [-0.39, 0.29) is 11.4 Å². The molecular weight excluding hydrogens is 509 g/mol. The highest BCUT2D eigenvalue weighted by atomic mass is 19.4. The third-order valence-electron chi connectivity index (χ3n) is 6.01. The lowest BCUT2D eigenvalue weighted by molar-refractivity contribution is -0.137. The molecule has 0 fully saturated rings. The van der Waals surface area contributed by atoms with Crippen molar-refractivity contribution in [3.05, 3.63) is 102 Å². The first-order valence-corrected chi connectivity index (χ1v) is 11.8. The van der Waals surface area contributed by atoms with E-state index in [2.05, 4.69) is 30.6 Å². The number of imidazole rings is 2. The predicted octanol–water partition coefficient (Wildman–Crippen LogP) is 5.79. The lowest BCUT2D eigenvalue weighted by Gasteiger charge is -2.16. The number of alkyl halides is 3. The molecule has 0 aliphatic rings. The van der Waals surface area contributed by atoms with Crippen molar-refractivity contribution in [2.75, 3.05) is 10.6 Å². The summed E-state index contributed by atoms with van der Waals surface area (Å²) in [6, 6.07) is 10.2. The minimum atomic E-state index is -4.58. The number of aromatic nitrogens is 6. The van der Waals surface area contributed by atoms with Crippen LogP contribution < -0.4 is 10.6 Å². The zero-order valence-electron chi connectivity index (χ0n) is 21.2. The molecule has 2 aromatic carbocycles. The molecule has 2 N–H and O–H groups in total. The summed E-state index contributed by atoms with van der Waals surface area (Å²) in [6.45, 7) is 5.40. The lowest BCUT2D eigenvalue weighted by Crippen LogP contribution is -2.15. The molecule has 3 aromatic heterocycles. The highest BCUT2D eigenvalue weighted by Gasteiger charge is 2.34. The molecule has 0 aliphatic heterocycles. The molecule has 0 radical (unpaired) electrons.